The Morgan fingerprint density at radius 3 is 2.88 bits per heavy atom. The third kappa shape index (κ3) is 3.35. The van der Waals surface area contributed by atoms with Crippen LogP contribution < -0.4 is 11.1 Å². The van der Waals surface area contributed by atoms with Crippen LogP contribution in [0.2, 0.25) is 0 Å². The number of amides is 1. The van der Waals surface area contributed by atoms with Crippen LogP contribution in [0.25, 0.3) is 0 Å². The molecule has 2 unspecified atom stereocenters. The molecule has 6 heteroatoms. The second-order valence-corrected chi connectivity index (χ2v) is 7.36. The zero-order valence-electron chi connectivity index (χ0n) is 13.5. The molecule has 1 saturated carbocycles. The van der Waals surface area contributed by atoms with Crippen molar-refractivity contribution in [1.82, 2.24) is 5.32 Å². The average Bonchev–Trinajstić information content (AvgIpc) is 2.60. The lowest BCUT2D eigenvalue weighted by atomic mass is 9.79. The summed E-state index contributed by atoms with van der Waals surface area (Å²) < 4.78 is 0. The van der Waals surface area contributed by atoms with Gasteiger partial charge in [-0.25, -0.2) is 4.79 Å². The quantitative estimate of drug-likeness (QED) is 0.762. The Morgan fingerprint density at radius 2 is 2.12 bits per heavy atom. The Morgan fingerprint density at radius 1 is 1.33 bits per heavy atom. The first-order valence-corrected chi connectivity index (χ1v) is 9.32. The zero-order valence-corrected chi connectivity index (χ0v) is 14.3. The van der Waals surface area contributed by atoms with E-state index in [4.69, 9.17) is 5.73 Å². The molecule has 128 valence electrons. The third-order valence-electron chi connectivity index (χ3n) is 4.83. The first kappa shape index (κ1) is 17.0. The maximum absolute atomic E-state index is 12.3. The van der Waals surface area contributed by atoms with E-state index in [-0.39, 0.29) is 17.8 Å². The van der Waals surface area contributed by atoms with E-state index < -0.39 is 5.97 Å². The number of fused-ring (bicyclic) bond motifs is 1. The lowest BCUT2D eigenvalue weighted by Gasteiger charge is -2.38. The Bertz CT molecular complexity index is 687. The van der Waals surface area contributed by atoms with Crippen LogP contribution in [0.15, 0.2) is 35.4 Å². The summed E-state index contributed by atoms with van der Waals surface area (Å²) in [7, 11) is 0. The standard InChI is InChI=1S/C18H22N2O3S/c19-9-15-13-7-3-4-8-14(13)17(20-16(15)21)24-10-11-5-1-2-6-12(11)18(22)23/h1-2,5-6,14,17H,3-4,7-10,19H2,(H,20,21)(H,22,23). The van der Waals surface area contributed by atoms with Crippen LogP contribution in [0.4, 0.5) is 0 Å². The van der Waals surface area contributed by atoms with E-state index in [0.29, 0.717) is 17.2 Å². The van der Waals surface area contributed by atoms with Gasteiger partial charge in [-0.05, 0) is 30.9 Å². The number of aromatic carboxylic acids is 1. The zero-order chi connectivity index (χ0) is 17.1. The van der Waals surface area contributed by atoms with Crippen LogP contribution in [0.5, 0.6) is 0 Å². The summed E-state index contributed by atoms with van der Waals surface area (Å²) in [6.07, 6.45) is 4.28. The van der Waals surface area contributed by atoms with Crippen molar-refractivity contribution in [2.45, 2.75) is 36.8 Å². The van der Waals surface area contributed by atoms with Gasteiger partial charge in [0.05, 0.1) is 10.9 Å². The highest BCUT2D eigenvalue weighted by Gasteiger charge is 2.36. The molecule has 5 nitrogen and oxygen atoms in total. The van der Waals surface area contributed by atoms with Crippen molar-refractivity contribution in [2.75, 3.05) is 6.54 Å². The number of nitrogens with two attached hydrogens (primary N) is 1. The van der Waals surface area contributed by atoms with Crippen molar-refractivity contribution >= 4 is 23.6 Å². The van der Waals surface area contributed by atoms with E-state index in [1.807, 2.05) is 12.1 Å². The van der Waals surface area contributed by atoms with Crippen molar-refractivity contribution in [3.8, 4) is 0 Å². The summed E-state index contributed by atoms with van der Waals surface area (Å²) in [4.78, 5) is 23.7. The highest BCUT2D eigenvalue weighted by Crippen LogP contribution is 2.40. The fraction of sp³-hybridized carbons (Fsp3) is 0.444. The van der Waals surface area contributed by atoms with Gasteiger partial charge in [0.15, 0.2) is 0 Å². The molecule has 0 spiro atoms. The largest absolute Gasteiger partial charge is 0.478 e. The number of carboxylic acid groups (broad SMARTS) is 1. The highest BCUT2D eigenvalue weighted by molar-refractivity contribution is 7.99. The number of carbonyl (C=O) groups is 2. The van der Waals surface area contributed by atoms with Gasteiger partial charge in [0, 0.05) is 23.8 Å². The van der Waals surface area contributed by atoms with Crippen molar-refractivity contribution in [3.05, 3.63) is 46.5 Å². The number of carboxylic acids is 1. The van der Waals surface area contributed by atoms with Crippen molar-refractivity contribution in [1.29, 1.82) is 0 Å². The smallest absolute Gasteiger partial charge is 0.335 e. The normalized spacial score (nSPS) is 23.6. The molecule has 0 radical (unpaired) electrons. The SMILES string of the molecule is NCC1=C2CCCCC2C(SCc2ccccc2C(=O)O)NC1=O. The van der Waals surface area contributed by atoms with Crippen LogP contribution in [0, 0.1) is 5.92 Å². The minimum absolute atomic E-state index is 0.00930. The number of thioether (sulfide) groups is 1. The van der Waals surface area contributed by atoms with Crippen LogP contribution in [0.3, 0.4) is 0 Å². The van der Waals surface area contributed by atoms with Gasteiger partial charge in [-0.3, -0.25) is 4.79 Å². The van der Waals surface area contributed by atoms with Gasteiger partial charge >= 0.3 is 5.97 Å². The molecule has 1 aromatic rings. The molecule has 4 N–H and O–H groups in total. The lowest BCUT2D eigenvalue weighted by molar-refractivity contribution is -0.118. The van der Waals surface area contributed by atoms with E-state index in [2.05, 4.69) is 5.32 Å². The van der Waals surface area contributed by atoms with E-state index in [1.165, 1.54) is 5.57 Å². The molecule has 1 fully saturated rings. The molecule has 0 aromatic heterocycles. The molecule has 1 amide bonds. The number of rotatable bonds is 5. The summed E-state index contributed by atoms with van der Waals surface area (Å²) >= 11 is 1.61. The molecule has 24 heavy (non-hydrogen) atoms. The number of nitrogens with one attached hydrogen (secondary N) is 1. The van der Waals surface area contributed by atoms with Crippen LogP contribution in [-0.4, -0.2) is 28.9 Å². The van der Waals surface area contributed by atoms with E-state index in [9.17, 15) is 14.7 Å². The topological polar surface area (TPSA) is 92.4 Å². The van der Waals surface area contributed by atoms with Gasteiger partial charge in [0.1, 0.15) is 0 Å². The summed E-state index contributed by atoms with van der Waals surface area (Å²) in [6, 6.07) is 7.04. The average molecular weight is 346 g/mol. The van der Waals surface area contributed by atoms with E-state index in [1.54, 1.807) is 23.9 Å². The van der Waals surface area contributed by atoms with Gasteiger partial charge in [-0.1, -0.05) is 30.2 Å². The Balaban J connectivity index is 1.78. The fourth-order valence-corrected chi connectivity index (χ4v) is 4.96. The predicted octanol–water partition coefficient (Wildman–Crippen LogP) is 2.52. The molecule has 3 rings (SSSR count). The summed E-state index contributed by atoms with van der Waals surface area (Å²) in [6.45, 7) is 0.289. The third-order valence-corrected chi connectivity index (χ3v) is 6.11. The fourth-order valence-electron chi connectivity index (χ4n) is 3.63. The molecule has 0 bridgehead atoms. The summed E-state index contributed by atoms with van der Waals surface area (Å²) in [5, 5.41) is 12.4. The maximum Gasteiger partial charge on any atom is 0.335 e. The van der Waals surface area contributed by atoms with Crippen LogP contribution in [-0.2, 0) is 10.5 Å². The maximum atomic E-state index is 12.3. The Hall–Kier alpha value is -1.79. The Kier molecular flexibility index (Phi) is 5.26. The van der Waals surface area contributed by atoms with Gasteiger partial charge in [-0.2, -0.15) is 0 Å². The van der Waals surface area contributed by atoms with E-state index in [0.717, 1.165) is 36.8 Å². The van der Waals surface area contributed by atoms with Gasteiger partial charge in [0.25, 0.3) is 0 Å². The molecule has 2 atom stereocenters. The predicted molar refractivity (Wildman–Crippen MR) is 94.7 cm³/mol. The van der Waals surface area contributed by atoms with Gasteiger partial charge in [0.2, 0.25) is 5.91 Å². The molecule has 1 aromatic carbocycles. The van der Waals surface area contributed by atoms with Crippen LogP contribution >= 0.6 is 11.8 Å². The van der Waals surface area contributed by atoms with Crippen molar-refractivity contribution in [3.63, 3.8) is 0 Å². The van der Waals surface area contributed by atoms with Crippen molar-refractivity contribution < 1.29 is 14.7 Å². The monoisotopic (exact) mass is 346 g/mol. The Labute approximate surface area is 145 Å². The van der Waals surface area contributed by atoms with Gasteiger partial charge in [-0.15, -0.1) is 11.8 Å². The minimum Gasteiger partial charge on any atom is -0.478 e. The van der Waals surface area contributed by atoms with Crippen LogP contribution in [0.1, 0.15) is 41.6 Å². The number of hydrogen-bond donors (Lipinski definition) is 3. The highest BCUT2D eigenvalue weighted by atomic mass is 32.2. The molecule has 1 aliphatic carbocycles. The molecule has 1 heterocycles. The van der Waals surface area contributed by atoms with E-state index >= 15 is 0 Å². The molecular formula is C18H22N2O3S. The molecular weight excluding hydrogens is 324 g/mol. The first-order valence-electron chi connectivity index (χ1n) is 8.27. The number of benzene rings is 1. The molecule has 0 saturated heterocycles. The first-order chi connectivity index (χ1) is 11.6. The molecule has 2 aliphatic rings. The summed E-state index contributed by atoms with van der Waals surface area (Å²) in [5.74, 6) is -0.0935. The summed E-state index contributed by atoms with van der Waals surface area (Å²) in [5.41, 5.74) is 8.86. The second kappa shape index (κ2) is 7.40. The lowest BCUT2D eigenvalue weighted by Crippen LogP contribution is -2.47. The van der Waals surface area contributed by atoms with Gasteiger partial charge < -0.3 is 16.2 Å². The van der Waals surface area contributed by atoms with Crippen molar-refractivity contribution in [2.24, 2.45) is 11.7 Å². The number of hydrogen-bond acceptors (Lipinski definition) is 4. The molecule has 1 aliphatic heterocycles. The minimum atomic E-state index is -0.914. The second-order valence-electron chi connectivity index (χ2n) is 6.23. The number of carbonyl (C=O) groups excluding carboxylic acids is 1.